The van der Waals surface area contributed by atoms with Gasteiger partial charge in [-0.3, -0.25) is 0 Å². The van der Waals surface area contributed by atoms with Crippen molar-refractivity contribution in [1.29, 1.82) is 0 Å². The first-order chi connectivity index (χ1) is 5.80. The first-order valence-corrected chi connectivity index (χ1v) is 5.86. The predicted molar refractivity (Wildman–Crippen MR) is 35.8 cm³/mol. The van der Waals surface area contributed by atoms with E-state index in [0.717, 1.165) is 12.8 Å². The van der Waals surface area contributed by atoms with Crippen molar-refractivity contribution in [3.05, 3.63) is 0 Å². The van der Waals surface area contributed by atoms with E-state index in [9.17, 15) is 0 Å². The molecule has 0 aromatic heterocycles. The Balaban J connectivity index is 0. The predicted octanol–water partition coefficient (Wildman–Crippen LogP) is -2.41. The summed E-state index contributed by atoms with van der Waals surface area (Å²) in [7, 11) is 0. The zero-order chi connectivity index (χ0) is 10.5. The second-order valence-corrected chi connectivity index (χ2v) is 4.17. The maximum atomic E-state index is 8.58. The minimum Gasteiger partial charge on any atom is 2.00 e. The second-order valence-electron chi connectivity index (χ2n) is 2.99. The minimum atomic E-state index is -5.62. The molecule has 89 valence electrons. The molecule has 6 nitrogen and oxygen atoms in total. The molecule has 2 unspecified atom stereocenters. The van der Waals surface area contributed by atoms with Crippen LogP contribution in [0.15, 0.2) is 0 Å². The van der Waals surface area contributed by atoms with Crippen LogP contribution < -0.4 is 19.8 Å². The Bertz CT molecular complexity index is 216. The molecule has 0 radical (unpaired) electrons. The van der Waals surface area contributed by atoms with Crippen molar-refractivity contribution in [2.45, 2.75) is 37.8 Å². The van der Waals surface area contributed by atoms with Gasteiger partial charge in [0.05, 0.1) is 0 Å². The van der Waals surface area contributed by atoms with Crippen LogP contribution in [-0.4, -0.2) is 12.1 Å². The van der Waals surface area contributed by atoms with Gasteiger partial charge in [-0.2, -0.15) is 0 Å². The molecule has 1 rings (SSSR count). The van der Waals surface area contributed by atoms with Gasteiger partial charge >= 0.3 is 50.5 Å². The molecule has 0 spiro atoms. The number of nitrogens with two attached hydrogens (primary N) is 2. The summed E-state index contributed by atoms with van der Waals surface area (Å²) in [6, 6.07) is 0.562. The normalized spacial score (nSPS) is 26.9. The summed E-state index contributed by atoms with van der Waals surface area (Å²) >= 11 is -5.62. The van der Waals surface area contributed by atoms with Crippen molar-refractivity contribution in [3.63, 3.8) is 0 Å². The Morgan fingerprint density at radius 2 is 1.21 bits per heavy atom. The summed E-state index contributed by atoms with van der Waals surface area (Å²) in [5.41, 5.74) is 11.3. The number of hydrogen-bond donors (Lipinski definition) is 2. The van der Waals surface area contributed by atoms with Gasteiger partial charge in [0.15, 0.2) is 0 Å². The Hall–Kier alpha value is 0.648. The monoisotopic (exact) mass is 428 g/mol. The van der Waals surface area contributed by atoms with Gasteiger partial charge in [0.1, 0.15) is 0 Å². The number of hydrogen-bond acceptors (Lipinski definition) is 6. The molecule has 14 heavy (non-hydrogen) atoms. The van der Waals surface area contributed by atoms with Crippen LogP contribution in [0.4, 0.5) is 0 Å². The van der Waals surface area contributed by atoms with E-state index >= 15 is 0 Å². The van der Waals surface area contributed by atoms with Gasteiger partial charge in [0, 0.05) is 12.1 Å². The Labute approximate surface area is 99.6 Å². The van der Waals surface area contributed by atoms with Crippen molar-refractivity contribution in [1.82, 2.24) is 0 Å². The largest absolute Gasteiger partial charge is 2.00 e. The van der Waals surface area contributed by atoms with E-state index in [-0.39, 0.29) is 33.1 Å². The van der Waals surface area contributed by atoms with Gasteiger partial charge in [0.2, 0.25) is 0 Å². The fraction of sp³-hybridized carbons (Fsp3) is 1.00. The molecule has 1 saturated carbocycles. The fourth-order valence-corrected chi connectivity index (χ4v) is 1.19. The van der Waals surface area contributed by atoms with E-state index in [1.807, 2.05) is 0 Å². The summed E-state index contributed by atoms with van der Waals surface area (Å²) in [5, 5.41) is 0. The van der Waals surface area contributed by atoms with Gasteiger partial charge in [-0.25, -0.2) is 0 Å². The minimum absolute atomic E-state index is 0. The molecule has 0 saturated heterocycles. The molecule has 2 atom stereocenters. The van der Waals surface area contributed by atoms with E-state index in [1.54, 1.807) is 0 Å². The number of rotatable bonds is 0. The van der Waals surface area contributed by atoms with Crippen molar-refractivity contribution >= 4 is 0 Å². The molecule has 8 heteroatoms. The van der Waals surface area contributed by atoms with E-state index in [2.05, 4.69) is 0 Å². The molecule has 0 amide bonds. The molecule has 0 aromatic carbocycles. The molecule has 0 aromatic rings. The molecule has 0 heterocycles. The SMILES string of the molecule is NC1CCCCC1N.[O]=[Mn](=[O])([O-])[O-].[Pt+2]. The van der Waals surface area contributed by atoms with Gasteiger partial charge in [-0.1, -0.05) is 12.8 Å². The van der Waals surface area contributed by atoms with Gasteiger partial charge < -0.3 is 11.5 Å². The smallest absolute Gasteiger partial charge is 2.00 e. The van der Waals surface area contributed by atoms with E-state index < -0.39 is 13.4 Å². The third kappa shape index (κ3) is 12.6. The van der Waals surface area contributed by atoms with Gasteiger partial charge in [-0.15, -0.1) is 0 Å². The summed E-state index contributed by atoms with van der Waals surface area (Å²) in [6.45, 7) is 0. The van der Waals surface area contributed by atoms with Crippen LogP contribution in [-0.2, 0) is 42.1 Å². The Morgan fingerprint density at radius 1 is 1.00 bits per heavy atom. The topological polar surface area (TPSA) is 132 Å². The van der Waals surface area contributed by atoms with Crippen LogP contribution in [0, 0.1) is 0 Å². The maximum absolute atomic E-state index is 8.58. The fourth-order valence-electron chi connectivity index (χ4n) is 1.19. The second kappa shape index (κ2) is 7.88. The summed E-state index contributed by atoms with van der Waals surface area (Å²) in [4.78, 5) is 0. The zero-order valence-corrected chi connectivity index (χ0v) is 10.9. The molecular formula is C6H14MnN2O4Pt. The van der Waals surface area contributed by atoms with Crippen molar-refractivity contribution in [3.8, 4) is 0 Å². The standard InChI is InChI=1S/C6H14N2.Mn.4O.Pt/c7-5-3-1-2-4-6(5)8;;;;;;/h5-6H,1-4,7-8H2;;;;;;/q;;;;2*-1;+2. The molecule has 0 bridgehead atoms. The molecule has 0 aliphatic heterocycles. The van der Waals surface area contributed by atoms with Crippen LogP contribution >= 0.6 is 0 Å². The zero-order valence-electron chi connectivity index (χ0n) is 7.47. The molecule has 1 fully saturated rings. The average Bonchev–Trinajstić information content (AvgIpc) is 1.92. The summed E-state index contributed by atoms with van der Waals surface area (Å²) < 4.78 is 34.3. The van der Waals surface area contributed by atoms with E-state index in [4.69, 9.17) is 27.5 Å². The van der Waals surface area contributed by atoms with Crippen LogP contribution in [0.1, 0.15) is 25.7 Å². The first kappa shape index (κ1) is 17.1. The summed E-state index contributed by atoms with van der Waals surface area (Å²) in [5.74, 6) is 0. The van der Waals surface area contributed by atoms with Gasteiger partial charge in [-0.05, 0) is 12.8 Å². The molecule has 1 aliphatic carbocycles. The van der Waals surface area contributed by atoms with E-state index in [1.165, 1.54) is 12.8 Å². The molecule has 1 aliphatic rings. The third-order valence-electron chi connectivity index (χ3n) is 1.87. The third-order valence-corrected chi connectivity index (χ3v) is 1.87. The maximum Gasteiger partial charge on any atom is 2.00 e. The van der Waals surface area contributed by atoms with Crippen LogP contribution in [0.2, 0.25) is 0 Å². The first-order valence-electron chi connectivity index (χ1n) is 3.93. The average molecular weight is 428 g/mol. The Morgan fingerprint density at radius 3 is 1.36 bits per heavy atom. The van der Waals surface area contributed by atoms with Crippen LogP contribution in [0.25, 0.3) is 0 Å². The van der Waals surface area contributed by atoms with Crippen LogP contribution in [0.5, 0.6) is 0 Å². The summed E-state index contributed by atoms with van der Waals surface area (Å²) in [6.07, 6.45) is 4.80. The van der Waals surface area contributed by atoms with Crippen molar-refractivity contribution in [2.24, 2.45) is 11.5 Å². The Kier molecular flexibility index (Phi) is 9.60. The van der Waals surface area contributed by atoms with Crippen molar-refractivity contribution < 1.29 is 50.5 Å². The van der Waals surface area contributed by atoms with Crippen LogP contribution in [0.3, 0.4) is 0 Å². The van der Waals surface area contributed by atoms with Gasteiger partial charge in [0.25, 0.3) is 0 Å². The van der Waals surface area contributed by atoms with Crippen molar-refractivity contribution in [2.75, 3.05) is 0 Å². The quantitative estimate of drug-likeness (QED) is 0.414. The van der Waals surface area contributed by atoms with E-state index in [0.29, 0.717) is 0 Å². The molecule has 4 N–H and O–H groups in total. The molecular weight excluding hydrogens is 414 g/mol.